The summed E-state index contributed by atoms with van der Waals surface area (Å²) in [5.74, 6) is -0.156. The summed E-state index contributed by atoms with van der Waals surface area (Å²) in [6.45, 7) is 2.67. The first kappa shape index (κ1) is 18.9. The average molecular weight is 393 g/mol. The van der Waals surface area contributed by atoms with Gasteiger partial charge in [-0.3, -0.25) is 4.79 Å². The number of amides is 1. The molecule has 0 aliphatic heterocycles. The van der Waals surface area contributed by atoms with Crippen LogP contribution in [-0.4, -0.2) is 34.5 Å². The number of carbonyl (C=O) groups is 1. The van der Waals surface area contributed by atoms with Crippen LogP contribution in [0.1, 0.15) is 30.1 Å². The molecule has 4 rings (SSSR count). The van der Waals surface area contributed by atoms with E-state index in [2.05, 4.69) is 17.1 Å². The summed E-state index contributed by atoms with van der Waals surface area (Å²) in [5, 5.41) is 4.42. The maximum absolute atomic E-state index is 14.4. The van der Waals surface area contributed by atoms with Crippen molar-refractivity contribution in [2.75, 3.05) is 13.6 Å². The van der Waals surface area contributed by atoms with Gasteiger partial charge in [0.1, 0.15) is 17.2 Å². The predicted octanol–water partition coefficient (Wildman–Crippen LogP) is 5.16. The zero-order valence-electron chi connectivity index (χ0n) is 16.2. The highest BCUT2D eigenvalue weighted by Crippen LogP contribution is 2.34. The molecule has 29 heavy (non-hydrogen) atoms. The summed E-state index contributed by atoms with van der Waals surface area (Å²) in [5.41, 5.74) is 1.46. The number of pyridine rings is 1. The second-order valence-electron chi connectivity index (χ2n) is 6.80. The Morgan fingerprint density at radius 3 is 2.76 bits per heavy atom. The number of hydrogen-bond acceptors (Lipinski definition) is 5. The molecule has 0 bridgehead atoms. The van der Waals surface area contributed by atoms with Gasteiger partial charge in [0.15, 0.2) is 5.76 Å². The third-order valence-electron chi connectivity index (χ3n) is 4.77. The van der Waals surface area contributed by atoms with Crippen LogP contribution in [0, 0.1) is 5.82 Å². The molecular weight excluding hydrogens is 373 g/mol. The highest BCUT2D eigenvalue weighted by Gasteiger charge is 2.25. The number of rotatable bonds is 6. The zero-order chi connectivity index (χ0) is 20.4. The van der Waals surface area contributed by atoms with E-state index in [1.54, 1.807) is 48.3 Å². The second kappa shape index (κ2) is 7.87. The van der Waals surface area contributed by atoms with Crippen molar-refractivity contribution in [1.29, 1.82) is 0 Å². The highest BCUT2D eigenvalue weighted by molar-refractivity contribution is 6.10. The van der Waals surface area contributed by atoms with Crippen LogP contribution in [0.25, 0.3) is 33.8 Å². The second-order valence-corrected chi connectivity index (χ2v) is 6.80. The standard InChI is InChI=1S/C22H20FN3O3/c1-3-4-11-26(2)22(27)15-13-17(18-10-7-12-28-18)24-21-19(15)20(25-29-21)14-8-5-6-9-16(14)23/h5-10,12-13H,3-4,11H2,1-2H3. The Labute approximate surface area is 166 Å². The van der Waals surface area contributed by atoms with Gasteiger partial charge >= 0.3 is 0 Å². The van der Waals surface area contributed by atoms with Gasteiger partial charge in [-0.05, 0) is 36.8 Å². The number of nitrogens with zero attached hydrogens (tertiary/aromatic N) is 3. The number of benzene rings is 1. The minimum atomic E-state index is -0.449. The number of unbranched alkanes of at least 4 members (excludes halogenated alkanes) is 1. The fraction of sp³-hybridized carbons (Fsp3) is 0.227. The molecule has 4 aromatic rings. The zero-order valence-corrected chi connectivity index (χ0v) is 16.2. The van der Waals surface area contributed by atoms with Crippen LogP contribution in [0.15, 0.2) is 57.7 Å². The van der Waals surface area contributed by atoms with Gasteiger partial charge < -0.3 is 13.8 Å². The summed E-state index contributed by atoms with van der Waals surface area (Å²) >= 11 is 0. The largest absolute Gasteiger partial charge is 0.463 e. The lowest BCUT2D eigenvalue weighted by Gasteiger charge is -2.17. The van der Waals surface area contributed by atoms with Crippen molar-refractivity contribution in [2.24, 2.45) is 0 Å². The van der Waals surface area contributed by atoms with Crippen LogP contribution in [0.4, 0.5) is 4.39 Å². The lowest BCUT2D eigenvalue weighted by atomic mass is 10.0. The molecular formula is C22H20FN3O3. The Hall–Kier alpha value is -3.48. The fourth-order valence-electron chi connectivity index (χ4n) is 3.21. The van der Waals surface area contributed by atoms with Crippen molar-refractivity contribution in [3.05, 3.63) is 60.1 Å². The monoisotopic (exact) mass is 393 g/mol. The first-order chi connectivity index (χ1) is 14.1. The molecule has 0 aliphatic rings. The van der Waals surface area contributed by atoms with E-state index in [9.17, 15) is 9.18 Å². The van der Waals surface area contributed by atoms with Crippen molar-refractivity contribution in [1.82, 2.24) is 15.0 Å². The third kappa shape index (κ3) is 3.51. The Balaban J connectivity index is 1.92. The van der Waals surface area contributed by atoms with E-state index in [1.807, 2.05) is 0 Å². The van der Waals surface area contributed by atoms with Gasteiger partial charge in [-0.2, -0.15) is 0 Å². The molecule has 0 saturated carbocycles. The van der Waals surface area contributed by atoms with Crippen molar-refractivity contribution in [3.8, 4) is 22.7 Å². The molecule has 0 aliphatic carbocycles. The minimum Gasteiger partial charge on any atom is -0.463 e. The van der Waals surface area contributed by atoms with Crippen LogP contribution in [0.3, 0.4) is 0 Å². The third-order valence-corrected chi connectivity index (χ3v) is 4.77. The molecule has 3 aromatic heterocycles. The summed E-state index contributed by atoms with van der Waals surface area (Å²) in [7, 11) is 1.74. The smallest absolute Gasteiger partial charge is 0.259 e. The van der Waals surface area contributed by atoms with Crippen molar-refractivity contribution in [2.45, 2.75) is 19.8 Å². The molecule has 0 saturated heterocycles. The number of halogens is 1. The van der Waals surface area contributed by atoms with Crippen LogP contribution < -0.4 is 0 Å². The summed E-state index contributed by atoms with van der Waals surface area (Å²) < 4.78 is 25.3. The maximum atomic E-state index is 14.4. The van der Waals surface area contributed by atoms with Gasteiger partial charge in [-0.15, -0.1) is 0 Å². The van der Waals surface area contributed by atoms with E-state index >= 15 is 0 Å². The number of hydrogen-bond donors (Lipinski definition) is 0. The van der Waals surface area contributed by atoms with Crippen LogP contribution in [0.5, 0.6) is 0 Å². The van der Waals surface area contributed by atoms with Crippen LogP contribution in [-0.2, 0) is 0 Å². The summed E-state index contributed by atoms with van der Waals surface area (Å²) in [6, 6.07) is 11.4. The summed E-state index contributed by atoms with van der Waals surface area (Å²) in [6.07, 6.45) is 3.38. The van der Waals surface area contributed by atoms with Crippen molar-refractivity contribution >= 4 is 17.0 Å². The minimum absolute atomic E-state index is 0.157. The molecule has 0 fully saturated rings. The Morgan fingerprint density at radius 2 is 2.03 bits per heavy atom. The van der Waals surface area contributed by atoms with Crippen molar-refractivity contribution < 1.29 is 18.1 Å². The highest BCUT2D eigenvalue weighted by atomic mass is 19.1. The molecule has 1 aromatic carbocycles. The van der Waals surface area contributed by atoms with Gasteiger partial charge in [0.25, 0.3) is 11.6 Å². The molecule has 0 N–H and O–H groups in total. The molecule has 148 valence electrons. The number of fused-ring (bicyclic) bond motifs is 1. The molecule has 6 nitrogen and oxygen atoms in total. The molecule has 7 heteroatoms. The maximum Gasteiger partial charge on any atom is 0.259 e. The first-order valence-electron chi connectivity index (χ1n) is 9.44. The molecule has 0 unspecified atom stereocenters. The molecule has 3 heterocycles. The normalized spacial score (nSPS) is 11.1. The summed E-state index contributed by atoms with van der Waals surface area (Å²) in [4.78, 5) is 19.3. The molecule has 0 radical (unpaired) electrons. The van der Waals surface area contributed by atoms with E-state index in [4.69, 9.17) is 8.94 Å². The lowest BCUT2D eigenvalue weighted by Crippen LogP contribution is -2.28. The molecule has 0 atom stereocenters. The van der Waals surface area contributed by atoms with Crippen molar-refractivity contribution in [3.63, 3.8) is 0 Å². The van der Waals surface area contributed by atoms with E-state index in [-0.39, 0.29) is 22.9 Å². The lowest BCUT2D eigenvalue weighted by molar-refractivity contribution is 0.0795. The number of carbonyl (C=O) groups excluding carboxylic acids is 1. The van der Waals surface area contributed by atoms with E-state index in [0.717, 1.165) is 12.8 Å². The van der Waals surface area contributed by atoms with Crippen LogP contribution in [0.2, 0.25) is 0 Å². The van der Waals surface area contributed by atoms with Gasteiger partial charge in [0.2, 0.25) is 0 Å². The molecule has 0 spiro atoms. The molecule has 1 amide bonds. The van der Waals surface area contributed by atoms with E-state index in [0.29, 0.717) is 28.9 Å². The van der Waals surface area contributed by atoms with Crippen LogP contribution >= 0.6 is 0 Å². The van der Waals surface area contributed by atoms with E-state index < -0.39 is 5.82 Å². The first-order valence-corrected chi connectivity index (χ1v) is 9.44. The fourth-order valence-corrected chi connectivity index (χ4v) is 3.21. The predicted molar refractivity (Wildman–Crippen MR) is 107 cm³/mol. The Kier molecular flexibility index (Phi) is 5.12. The van der Waals surface area contributed by atoms with Gasteiger partial charge in [-0.1, -0.05) is 30.6 Å². The van der Waals surface area contributed by atoms with Gasteiger partial charge in [0.05, 0.1) is 17.2 Å². The van der Waals surface area contributed by atoms with Gasteiger partial charge in [-0.25, -0.2) is 9.37 Å². The average Bonchev–Trinajstić information content (AvgIpc) is 3.41. The van der Waals surface area contributed by atoms with E-state index in [1.165, 1.54) is 12.3 Å². The Bertz CT molecular complexity index is 1150. The topological polar surface area (TPSA) is 72.4 Å². The number of furan rings is 1. The quantitative estimate of drug-likeness (QED) is 0.452. The SMILES string of the molecule is CCCCN(C)C(=O)c1cc(-c2ccco2)nc2onc(-c3ccccc3F)c12. The number of aromatic nitrogens is 2. The van der Waals surface area contributed by atoms with Gasteiger partial charge in [0, 0.05) is 19.2 Å². The Morgan fingerprint density at radius 1 is 1.21 bits per heavy atom.